The highest BCUT2D eigenvalue weighted by Crippen LogP contribution is 2.06. The van der Waals surface area contributed by atoms with Crippen molar-refractivity contribution in [3.05, 3.63) is 35.9 Å². The van der Waals surface area contributed by atoms with Crippen LogP contribution in [0.5, 0.6) is 0 Å². The summed E-state index contributed by atoms with van der Waals surface area (Å²) in [6.45, 7) is 0.138. The number of hydrogen-bond acceptors (Lipinski definition) is 3. The summed E-state index contributed by atoms with van der Waals surface area (Å²) in [5.74, 6) is 0. The van der Waals surface area contributed by atoms with Gasteiger partial charge < -0.3 is 20.2 Å². The molecule has 5 nitrogen and oxygen atoms in total. The molecule has 1 aromatic rings. The molecule has 0 aromatic heterocycles. The molecule has 0 aliphatic carbocycles. The lowest BCUT2D eigenvalue weighted by Crippen LogP contribution is -2.32. The third-order valence-electron chi connectivity index (χ3n) is 2.43. The molecule has 1 aromatic carbocycles. The normalized spacial score (nSPS) is 12.1. The topological polar surface area (TPSA) is 81.0 Å². The van der Waals surface area contributed by atoms with Gasteiger partial charge in [-0.25, -0.2) is 4.79 Å². The molecule has 3 N–H and O–H groups in total. The maximum absolute atomic E-state index is 11.0. The molecule has 1 amide bonds. The minimum absolute atomic E-state index is 0.200. The lowest BCUT2D eigenvalue weighted by atomic mass is 10.2. The number of carboxylic acid groups (broad SMARTS) is 1. The van der Waals surface area contributed by atoms with Gasteiger partial charge in [0, 0.05) is 13.1 Å². The molecule has 0 saturated carbocycles. The van der Waals surface area contributed by atoms with E-state index in [1.165, 1.54) is 4.90 Å². The van der Waals surface area contributed by atoms with Crippen LogP contribution in [0.15, 0.2) is 30.3 Å². The number of aliphatic hydroxyl groups excluding tert-OH is 2. The van der Waals surface area contributed by atoms with Crippen molar-refractivity contribution in [3.8, 4) is 0 Å². The predicted octanol–water partition coefficient (Wildman–Crippen LogP) is 0.910. The molecular weight excluding hydrogens is 222 g/mol. The van der Waals surface area contributed by atoms with E-state index in [1.54, 1.807) is 0 Å². The molecule has 5 heteroatoms. The van der Waals surface area contributed by atoms with Crippen molar-refractivity contribution in [2.45, 2.75) is 19.1 Å². The summed E-state index contributed by atoms with van der Waals surface area (Å²) in [4.78, 5) is 12.2. The van der Waals surface area contributed by atoms with Crippen molar-refractivity contribution < 1.29 is 20.1 Å². The van der Waals surface area contributed by atoms with Crippen LogP contribution in [0.3, 0.4) is 0 Å². The van der Waals surface area contributed by atoms with E-state index in [4.69, 9.17) is 10.2 Å². The van der Waals surface area contributed by atoms with E-state index < -0.39 is 12.2 Å². The summed E-state index contributed by atoms with van der Waals surface area (Å²) >= 11 is 0. The fourth-order valence-corrected chi connectivity index (χ4v) is 1.44. The first-order chi connectivity index (χ1) is 8.13. The summed E-state index contributed by atoms with van der Waals surface area (Å²) in [5.41, 5.74) is 0.897. The van der Waals surface area contributed by atoms with Gasteiger partial charge in [-0.15, -0.1) is 0 Å². The summed E-state index contributed by atoms with van der Waals surface area (Å²) < 4.78 is 0. The van der Waals surface area contributed by atoms with E-state index in [-0.39, 0.29) is 26.1 Å². The van der Waals surface area contributed by atoms with Crippen LogP contribution in [0, 0.1) is 0 Å². The van der Waals surface area contributed by atoms with Gasteiger partial charge in [0.05, 0.1) is 12.7 Å². The first-order valence-corrected chi connectivity index (χ1v) is 5.44. The van der Waals surface area contributed by atoms with Crippen LogP contribution in [-0.4, -0.2) is 45.6 Å². The van der Waals surface area contributed by atoms with Crippen LogP contribution in [0.1, 0.15) is 12.0 Å². The monoisotopic (exact) mass is 239 g/mol. The van der Waals surface area contributed by atoms with Gasteiger partial charge in [-0.1, -0.05) is 30.3 Å². The SMILES string of the molecule is O=C(O)N(CCC(O)CO)Cc1ccccc1. The molecule has 1 unspecified atom stereocenters. The van der Waals surface area contributed by atoms with Gasteiger partial charge in [0.2, 0.25) is 0 Å². The molecule has 0 heterocycles. The van der Waals surface area contributed by atoms with Crippen LogP contribution < -0.4 is 0 Å². The highest BCUT2D eigenvalue weighted by molar-refractivity contribution is 5.64. The smallest absolute Gasteiger partial charge is 0.407 e. The van der Waals surface area contributed by atoms with E-state index in [0.29, 0.717) is 0 Å². The molecule has 0 aliphatic heterocycles. The second kappa shape index (κ2) is 6.88. The molecule has 17 heavy (non-hydrogen) atoms. The van der Waals surface area contributed by atoms with Gasteiger partial charge in [0.25, 0.3) is 0 Å². The summed E-state index contributed by atoms with van der Waals surface area (Å²) in [7, 11) is 0. The Bertz CT molecular complexity index is 342. The maximum Gasteiger partial charge on any atom is 0.407 e. The fraction of sp³-hybridized carbons (Fsp3) is 0.417. The van der Waals surface area contributed by atoms with Crippen molar-refractivity contribution in [2.24, 2.45) is 0 Å². The van der Waals surface area contributed by atoms with Crippen LogP contribution in [0.2, 0.25) is 0 Å². The average molecular weight is 239 g/mol. The Hall–Kier alpha value is -1.59. The second-order valence-corrected chi connectivity index (χ2v) is 3.81. The third kappa shape index (κ3) is 4.84. The Morgan fingerprint density at radius 3 is 2.47 bits per heavy atom. The number of aliphatic hydroxyl groups is 2. The molecule has 1 atom stereocenters. The van der Waals surface area contributed by atoms with Crippen molar-refractivity contribution in [2.75, 3.05) is 13.2 Å². The zero-order valence-corrected chi connectivity index (χ0v) is 9.49. The van der Waals surface area contributed by atoms with Crippen molar-refractivity contribution in [3.63, 3.8) is 0 Å². The lowest BCUT2D eigenvalue weighted by molar-refractivity contribution is 0.0745. The second-order valence-electron chi connectivity index (χ2n) is 3.81. The Morgan fingerprint density at radius 2 is 1.94 bits per heavy atom. The molecule has 94 valence electrons. The van der Waals surface area contributed by atoms with Gasteiger partial charge in [-0.2, -0.15) is 0 Å². The Kier molecular flexibility index (Phi) is 5.45. The van der Waals surface area contributed by atoms with Crippen LogP contribution in [-0.2, 0) is 6.54 Å². The first-order valence-electron chi connectivity index (χ1n) is 5.44. The number of rotatable bonds is 6. The molecule has 0 spiro atoms. The standard InChI is InChI=1S/C12H17NO4/c14-9-11(15)6-7-13(12(16)17)8-10-4-2-1-3-5-10/h1-5,11,14-15H,6-9H2,(H,16,17). The van der Waals surface area contributed by atoms with Crippen molar-refractivity contribution >= 4 is 6.09 Å². The molecule has 0 bridgehead atoms. The van der Waals surface area contributed by atoms with Gasteiger partial charge in [-0.05, 0) is 12.0 Å². The number of hydrogen-bond donors (Lipinski definition) is 3. The highest BCUT2D eigenvalue weighted by Gasteiger charge is 2.13. The number of benzene rings is 1. The lowest BCUT2D eigenvalue weighted by Gasteiger charge is -2.20. The van der Waals surface area contributed by atoms with Gasteiger partial charge in [-0.3, -0.25) is 0 Å². The van der Waals surface area contributed by atoms with Gasteiger partial charge in [0.1, 0.15) is 0 Å². The molecule has 0 saturated heterocycles. The van der Waals surface area contributed by atoms with E-state index in [9.17, 15) is 9.90 Å². The van der Waals surface area contributed by atoms with E-state index in [0.717, 1.165) is 5.56 Å². The highest BCUT2D eigenvalue weighted by atomic mass is 16.4. The summed E-state index contributed by atoms with van der Waals surface area (Å²) in [6, 6.07) is 9.25. The van der Waals surface area contributed by atoms with Gasteiger partial charge in [0.15, 0.2) is 0 Å². The molecule has 1 rings (SSSR count). The number of amides is 1. The number of carbonyl (C=O) groups is 1. The van der Waals surface area contributed by atoms with E-state index in [2.05, 4.69) is 0 Å². The van der Waals surface area contributed by atoms with E-state index >= 15 is 0 Å². The zero-order valence-electron chi connectivity index (χ0n) is 9.49. The molecule has 0 aliphatic rings. The summed E-state index contributed by atoms with van der Waals surface area (Å²) in [5, 5.41) is 26.8. The Morgan fingerprint density at radius 1 is 1.29 bits per heavy atom. The van der Waals surface area contributed by atoms with E-state index in [1.807, 2.05) is 30.3 Å². The minimum Gasteiger partial charge on any atom is -0.465 e. The summed E-state index contributed by atoms with van der Waals surface area (Å²) in [6.07, 6.45) is -1.66. The van der Waals surface area contributed by atoms with Crippen LogP contribution >= 0.6 is 0 Å². The predicted molar refractivity (Wildman–Crippen MR) is 62.6 cm³/mol. The molecule has 0 fully saturated rings. The quantitative estimate of drug-likeness (QED) is 0.689. The van der Waals surface area contributed by atoms with Crippen LogP contribution in [0.25, 0.3) is 0 Å². The number of nitrogens with zero attached hydrogens (tertiary/aromatic N) is 1. The maximum atomic E-state index is 11.0. The van der Waals surface area contributed by atoms with Crippen molar-refractivity contribution in [1.29, 1.82) is 0 Å². The van der Waals surface area contributed by atoms with Gasteiger partial charge >= 0.3 is 6.09 Å². The fourth-order valence-electron chi connectivity index (χ4n) is 1.44. The Labute approximate surface area is 99.9 Å². The average Bonchev–Trinajstić information content (AvgIpc) is 2.34. The third-order valence-corrected chi connectivity index (χ3v) is 2.43. The zero-order chi connectivity index (χ0) is 12.7. The minimum atomic E-state index is -1.03. The van der Waals surface area contributed by atoms with Crippen molar-refractivity contribution in [1.82, 2.24) is 4.90 Å². The largest absolute Gasteiger partial charge is 0.465 e. The Balaban J connectivity index is 2.52. The molecular formula is C12H17NO4. The molecule has 0 radical (unpaired) electrons. The first kappa shape index (κ1) is 13.5. The van der Waals surface area contributed by atoms with Crippen LogP contribution in [0.4, 0.5) is 4.79 Å².